The number of likely N-dealkylation sites (N-methyl/N-ethyl adjacent to an activating group) is 1. The largest absolute Gasteiger partial charge is 0.325 e. The molecule has 1 amide bonds. The van der Waals surface area contributed by atoms with Gasteiger partial charge < -0.3 is 10.2 Å². The first-order chi connectivity index (χ1) is 16.6. The maximum Gasteiger partial charge on any atom is 0.235 e. The van der Waals surface area contributed by atoms with E-state index in [9.17, 15) is 4.79 Å². The summed E-state index contributed by atoms with van der Waals surface area (Å²) >= 11 is 0. The van der Waals surface area contributed by atoms with Crippen LogP contribution >= 0.6 is 0 Å². The molecule has 4 aromatic rings. The summed E-state index contributed by atoms with van der Waals surface area (Å²) in [5.74, 6) is 0.334. The minimum atomic E-state index is -0.408. The Morgan fingerprint density at radius 1 is 1.06 bits per heavy atom. The molecule has 5 nitrogen and oxygen atoms in total. The molecule has 2 N–H and O–H groups in total. The number of carbonyl (C=O) groups is 1. The first kappa shape index (κ1) is 19.7. The fourth-order valence-electron chi connectivity index (χ4n) is 5.95. The van der Waals surface area contributed by atoms with Crippen molar-refractivity contribution in [2.24, 2.45) is 0 Å². The smallest absolute Gasteiger partial charge is 0.235 e. The van der Waals surface area contributed by atoms with E-state index in [0.717, 1.165) is 53.8 Å². The number of aromatic nitrogens is 2. The summed E-state index contributed by atoms with van der Waals surface area (Å²) in [5.41, 5.74) is 8.92. The number of hydrogen-bond donors (Lipinski definition) is 2. The zero-order valence-corrected chi connectivity index (χ0v) is 19.1. The average molecular weight is 447 g/mol. The maximum atomic E-state index is 12.8. The van der Waals surface area contributed by atoms with Crippen molar-refractivity contribution in [2.45, 2.75) is 30.7 Å². The van der Waals surface area contributed by atoms with Crippen LogP contribution in [-0.2, 0) is 23.2 Å². The van der Waals surface area contributed by atoms with Crippen molar-refractivity contribution in [1.29, 1.82) is 0 Å². The average Bonchev–Trinajstić information content (AvgIpc) is 3.39. The fourth-order valence-corrected chi connectivity index (χ4v) is 5.95. The summed E-state index contributed by atoms with van der Waals surface area (Å²) in [7, 11) is 2.18. The lowest BCUT2D eigenvalue weighted by atomic mass is 9.92. The molecule has 2 unspecified atom stereocenters. The van der Waals surface area contributed by atoms with E-state index in [0.29, 0.717) is 0 Å². The molecule has 0 bridgehead atoms. The molecule has 1 spiro atoms. The van der Waals surface area contributed by atoms with Crippen molar-refractivity contribution in [3.8, 4) is 0 Å². The molecule has 7 rings (SSSR count). The van der Waals surface area contributed by atoms with Gasteiger partial charge in [0, 0.05) is 30.1 Å². The van der Waals surface area contributed by atoms with Crippen LogP contribution in [0.2, 0.25) is 0 Å². The summed E-state index contributed by atoms with van der Waals surface area (Å²) in [6, 6.07) is 21.3. The molecule has 1 aromatic heterocycles. The van der Waals surface area contributed by atoms with Gasteiger partial charge in [-0.25, -0.2) is 0 Å². The molecule has 2 atom stereocenters. The van der Waals surface area contributed by atoms with Crippen LogP contribution in [0.4, 0.5) is 5.69 Å². The standard InChI is InChI=1S/C29H26N4O/c1-33-13-12-19-14-18(6-8-21(19)17-33)7-11-25-22-10-9-20(15-27(22)32-31-25)24-16-29(24)23-4-2-3-5-26(23)30-28(29)34/h2-11,14-15,24H,12-13,16-17H2,1H3,(H,30,34)(H,31,32)/b11-7+. The van der Waals surface area contributed by atoms with Crippen LogP contribution < -0.4 is 5.32 Å². The molecule has 2 aliphatic heterocycles. The van der Waals surface area contributed by atoms with E-state index in [4.69, 9.17) is 0 Å². The minimum Gasteiger partial charge on any atom is -0.325 e. The van der Waals surface area contributed by atoms with E-state index in [2.05, 4.69) is 82.1 Å². The predicted molar refractivity (Wildman–Crippen MR) is 136 cm³/mol. The zero-order valence-electron chi connectivity index (χ0n) is 19.1. The van der Waals surface area contributed by atoms with Crippen LogP contribution in [0.15, 0.2) is 60.7 Å². The van der Waals surface area contributed by atoms with E-state index in [1.807, 2.05) is 18.2 Å². The summed E-state index contributed by atoms with van der Waals surface area (Å²) in [6.45, 7) is 2.14. The molecule has 5 heteroatoms. The van der Waals surface area contributed by atoms with Gasteiger partial charge in [-0.15, -0.1) is 0 Å². The first-order valence-corrected chi connectivity index (χ1v) is 12.0. The predicted octanol–water partition coefficient (Wildman–Crippen LogP) is 5.10. The SMILES string of the molecule is CN1CCc2cc(/C=C/c3n[nH]c4cc(C5CC56C(=O)Nc5ccccc56)ccc34)ccc2C1. The van der Waals surface area contributed by atoms with Gasteiger partial charge in [0.15, 0.2) is 0 Å². The highest BCUT2D eigenvalue weighted by molar-refractivity contribution is 6.09. The second kappa shape index (κ2) is 7.15. The quantitative estimate of drug-likeness (QED) is 0.460. The Labute approximate surface area is 198 Å². The Hall–Kier alpha value is -3.70. The molecule has 0 saturated heterocycles. The number of nitrogens with zero attached hydrogens (tertiary/aromatic N) is 2. The van der Waals surface area contributed by atoms with E-state index < -0.39 is 5.41 Å². The molecule has 3 heterocycles. The van der Waals surface area contributed by atoms with Crippen LogP contribution in [0, 0.1) is 0 Å². The van der Waals surface area contributed by atoms with Crippen molar-refractivity contribution in [3.05, 3.63) is 94.2 Å². The van der Waals surface area contributed by atoms with Crippen molar-refractivity contribution in [1.82, 2.24) is 15.1 Å². The third-order valence-electron chi connectivity index (χ3n) is 7.91. The van der Waals surface area contributed by atoms with Gasteiger partial charge in [-0.1, -0.05) is 54.6 Å². The summed E-state index contributed by atoms with van der Waals surface area (Å²) in [4.78, 5) is 15.2. The third-order valence-corrected chi connectivity index (χ3v) is 7.91. The first-order valence-electron chi connectivity index (χ1n) is 12.0. The van der Waals surface area contributed by atoms with Crippen molar-refractivity contribution < 1.29 is 4.79 Å². The Kier molecular flexibility index (Phi) is 4.15. The van der Waals surface area contributed by atoms with Gasteiger partial charge in [0.2, 0.25) is 5.91 Å². The Morgan fingerprint density at radius 3 is 2.91 bits per heavy atom. The van der Waals surface area contributed by atoms with Crippen molar-refractivity contribution in [2.75, 3.05) is 18.9 Å². The summed E-state index contributed by atoms with van der Waals surface area (Å²) in [5, 5.41) is 12.0. The van der Waals surface area contributed by atoms with Gasteiger partial charge >= 0.3 is 0 Å². The lowest BCUT2D eigenvalue weighted by Gasteiger charge is -2.25. The monoisotopic (exact) mass is 446 g/mol. The summed E-state index contributed by atoms with van der Waals surface area (Å²) < 4.78 is 0. The summed E-state index contributed by atoms with van der Waals surface area (Å²) in [6.07, 6.45) is 6.20. The zero-order chi connectivity index (χ0) is 22.9. The number of rotatable bonds is 3. The van der Waals surface area contributed by atoms with Crippen LogP contribution in [0.1, 0.15) is 45.8 Å². The van der Waals surface area contributed by atoms with Gasteiger partial charge in [0.05, 0.1) is 16.6 Å². The maximum absolute atomic E-state index is 12.8. The molecule has 34 heavy (non-hydrogen) atoms. The number of amides is 1. The van der Waals surface area contributed by atoms with Crippen LogP contribution in [0.25, 0.3) is 23.1 Å². The van der Waals surface area contributed by atoms with E-state index in [-0.39, 0.29) is 11.8 Å². The highest BCUT2D eigenvalue weighted by Gasteiger charge is 2.65. The number of aromatic amines is 1. The number of H-pyrrole nitrogens is 1. The van der Waals surface area contributed by atoms with Crippen LogP contribution in [0.3, 0.4) is 0 Å². The Balaban J connectivity index is 1.16. The van der Waals surface area contributed by atoms with Gasteiger partial charge in [-0.3, -0.25) is 9.89 Å². The number of fused-ring (bicyclic) bond motifs is 4. The molecule has 168 valence electrons. The number of hydrogen-bond acceptors (Lipinski definition) is 3. The van der Waals surface area contributed by atoms with E-state index in [1.54, 1.807) is 0 Å². The number of para-hydroxylation sites is 1. The van der Waals surface area contributed by atoms with E-state index >= 15 is 0 Å². The highest BCUT2D eigenvalue weighted by Crippen LogP contribution is 2.64. The van der Waals surface area contributed by atoms with Gasteiger partial charge in [0.1, 0.15) is 0 Å². The number of anilines is 1. The lowest BCUT2D eigenvalue weighted by Crippen LogP contribution is -2.26. The van der Waals surface area contributed by atoms with Crippen LogP contribution in [-0.4, -0.2) is 34.6 Å². The van der Waals surface area contributed by atoms with Crippen molar-refractivity contribution >= 4 is 34.6 Å². The van der Waals surface area contributed by atoms with Gasteiger partial charge in [-0.2, -0.15) is 5.10 Å². The second-order valence-electron chi connectivity index (χ2n) is 9.99. The lowest BCUT2D eigenvalue weighted by molar-refractivity contribution is -0.118. The molecular weight excluding hydrogens is 420 g/mol. The van der Waals surface area contributed by atoms with Crippen molar-refractivity contribution in [3.63, 3.8) is 0 Å². The Bertz CT molecular complexity index is 1500. The number of carbonyl (C=O) groups excluding carboxylic acids is 1. The number of nitrogens with one attached hydrogen (secondary N) is 2. The molecule has 1 aliphatic carbocycles. The topological polar surface area (TPSA) is 61.0 Å². The van der Waals surface area contributed by atoms with Gasteiger partial charge in [-0.05, 0) is 65.9 Å². The van der Waals surface area contributed by atoms with E-state index in [1.165, 1.54) is 22.3 Å². The molecule has 3 aliphatic rings. The normalized spacial score (nSPS) is 23.4. The molecule has 3 aromatic carbocycles. The second-order valence-corrected chi connectivity index (χ2v) is 9.99. The third kappa shape index (κ3) is 2.90. The molecule has 1 fully saturated rings. The molecule has 1 saturated carbocycles. The number of benzene rings is 3. The molecular formula is C29H26N4O. The minimum absolute atomic E-state index is 0.128. The Morgan fingerprint density at radius 2 is 1.97 bits per heavy atom. The fraction of sp³-hybridized carbons (Fsp3) is 0.241. The highest BCUT2D eigenvalue weighted by atomic mass is 16.2. The van der Waals surface area contributed by atoms with Crippen LogP contribution in [0.5, 0.6) is 0 Å². The van der Waals surface area contributed by atoms with Gasteiger partial charge in [0.25, 0.3) is 0 Å². The molecule has 0 radical (unpaired) electrons.